The normalized spacial score (nSPS) is 10.2. The quantitative estimate of drug-likeness (QED) is 0.615. The summed E-state index contributed by atoms with van der Waals surface area (Å²) < 4.78 is 18.3. The third-order valence-corrected chi connectivity index (χ3v) is 2.17. The zero-order chi connectivity index (χ0) is 10.6. The van der Waals surface area contributed by atoms with Crippen LogP contribution in [-0.2, 0) is 11.3 Å². The third kappa shape index (κ3) is 2.36. The van der Waals surface area contributed by atoms with Crippen LogP contribution < -0.4 is 0 Å². The summed E-state index contributed by atoms with van der Waals surface area (Å²) in [6.45, 7) is 0.0647. The number of carbonyl (C=O) groups excluding carboxylic acids is 1. The first-order valence-electron chi connectivity index (χ1n) is 3.92. The summed E-state index contributed by atoms with van der Waals surface area (Å²) in [5.74, 6) is -0.902. The fourth-order valence-corrected chi connectivity index (χ4v) is 1.31. The van der Waals surface area contributed by atoms with E-state index in [1.165, 1.54) is 19.4 Å². The van der Waals surface area contributed by atoms with Crippen molar-refractivity contribution in [3.05, 3.63) is 29.3 Å². The lowest BCUT2D eigenvalue weighted by molar-refractivity contribution is 0.101. The van der Waals surface area contributed by atoms with Crippen molar-refractivity contribution >= 4 is 21.7 Å². The number of methoxy groups -OCH3 is 1. The molecule has 0 aliphatic heterocycles. The van der Waals surface area contributed by atoms with Gasteiger partial charge in [0.05, 0.1) is 17.5 Å². The molecule has 0 N–H and O–H groups in total. The lowest BCUT2D eigenvalue weighted by Crippen LogP contribution is -2.08. The lowest BCUT2D eigenvalue weighted by atomic mass is 10.1. The Morgan fingerprint density at radius 3 is 3.00 bits per heavy atom. The number of ketones is 1. The van der Waals surface area contributed by atoms with Gasteiger partial charge in [0.1, 0.15) is 5.69 Å². The van der Waals surface area contributed by atoms with Crippen LogP contribution in [0.15, 0.2) is 12.3 Å². The molecular formula is C9H9BrFNO2. The highest BCUT2D eigenvalue weighted by atomic mass is 79.9. The van der Waals surface area contributed by atoms with Crippen LogP contribution in [0.3, 0.4) is 0 Å². The van der Waals surface area contributed by atoms with Gasteiger partial charge in [-0.1, -0.05) is 15.9 Å². The second-order valence-electron chi connectivity index (χ2n) is 2.61. The standard InChI is InChI=1S/C9H9BrFNO2/c1-14-5-7-9(11)6(2-3-12-7)8(13)4-10/h2-3H,4-5H2,1H3. The molecule has 0 aliphatic carbocycles. The van der Waals surface area contributed by atoms with Crippen molar-refractivity contribution < 1.29 is 13.9 Å². The molecule has 0 aromatic carbocycles. The van der Waals surface area contributed by atoms with Crippen LogP contribution in [0.1, 0.15) is 16.1 Å². The molecule has 0 spiro atoms. The van der Waals surface area contributed by atoms with Gasteiger partial charge in [0.15, 0.2) is 11.6 Å². The molecule has 1 heterocycles. The van der Waals surface area contributed by atoms with Crippen molar-refractivity contribution in [3.8, 4) is 0 Å². The smallest absolute Gasteiger partial charge is 0.176 e. The summed E-state index contributed by atoms with van der Waals surface area (Å²) in [5.41, 5.74) is 0.197. The molecule has 3 nitrogen and oxygen atoms in total. The molecular weight excluding hydrogens is 253 g/mol. The molecule has 14 heavy (non-hydrogen) atoms. The Morgan fingerprint density at radius 2 is 2.43 bits per heavy atom. The van der Waals surface area contributed by atoms with Gasteiger partial charge < -0.3 is 4.74 Å². The number of hydrogen-bond donors (Lipinski definition) is 0. The van der Waals surface area contributed by atoms with Gasteiger partial charge in [0, 0.05) is 13.3 Å². The lowest BCUT2D eigenvalue weighted by Gasteiger charge is -2.04. The first-order valence-corrected chi connectivity index (χ1v) is 5.04. The summed E-state index contributed by atoms with van der Waals surface area (Å²) in [5, 5.41) is 0.0976. The van der Waals surface area contributed by atoms with Crippen LogP contribution in [-0.4, -0.2) is 23.2 Å². The highest BCUT2D eigenvalue weighted by Gasteiger charge is 2.14. The number of Topliss-reactive ketones (excluding diaryl/α,β-unsaturated/α-hetero) is 1. The van der Waals surface area contributed by atoms with Gasteiger partial charge in [-0.15, -0.1) is 0 Å². The van der Waals surface area contributed by atoms with Crippen molar-refractivity contribution in [3.63, 3.8) is 0 Å². The van der Waals surface area contributed by atoms with Crippen molar-refractivity contribution in [2.45, 2.75) is 6.61 Å². The maximum absolute atomic E-state index is 13.5. The zero-order valence-electron chi connectivity index (χ0n) is 7.59. The molecule has 0 bridgehead atoms. The van der Waals surface area contributed by atoms with Gasteiger partial charge in [-0.05, 0) is 6.07 Å². The Morgan fingerprint density at radius 1 is 1.71 bits per heavy atom. The van der Waals surface area contributed by atoms with E-state index in [1.54, 1.807) is 0 Å². The number of nitrogens with zero attached hydrogens (tertiary/aromatic N) is 1. The number of pyridine rings is 1. The maximum Gasteiger partial charge on any atom is 0.176 e. The van der Waals surface area contributed by atoms with Crippen molar-refractivity contribution in [1.82, 2.24) is 4.98 Å². The monoisotopic (exact) mass is 261 g/mol. The van der Waals surface area contributed by atoms with Gasteiger partial charge in [0.25, 0.3) is 0 Å². The van der Waals surface area contributed by atoms with Gasteiger partial charge in [-0.2, -0.15) is 0 Å². The largest absolute Gasteiger partial charge is 0.378 e. The Bertz CT molecular complexity index is 344. The highest BCUT2D eigenvalue weighted by molar-refractivity contribution is 9.09. The molecule has 0 radical (unpaired) electrons. The first-order chi connectivity index (χ1) is 6.70. The zero-order valence-corrected chi connectivity index (χ0v) is 9.17. The molecule has 0 saturated carbocycles. The molecule has 0 saturated heterocycles. The fourth-order valence-electron chi connectivity index (χ4n) is 1.01. The summed E-state index contributed by atoms with van der Waals surface area (Å²) in [4.78, 5) is 15.0. The molecule has 76 valence electrons. The van der Waals surface area contributed by atoms with E-state index in [9.17, 15) is 9.18 Å². The Balaban J connectivity index is 3.07. The molecule has 0 aliphatic rings. The van der Waals surface area contributed by atoms with Crippen LogP contribution >= 0.6 is 15.9 Å². The molecule has 1 rings (SSSR count). The summed E-state index contributed by atoms with van der Waals surface area (Å²) in [6, 6.07) is 1.36. The molecule has 5 heteroatoms. The predicted molar refractivity (Wildman–Crippen MR) is 53.0 cm³/mol. The molecule has 0 atom stereocenters. The van der Waals surface area contributed by atoms with Gasteiger partial charge in [0.2, 0.25) is 0 Å². The van der Waals surface area contributed by atoms with E-state index in [1.807, 2.05) is 0 Å². The first kappa shape index (κ1) is 11.3. The van der Waals surface area contributed by atoms with Crippen molar-refractivity contribution in [2.75, 3.05) is 12.4 Å². The van der Waals surface area contributed by atoms with Crippen molar-refractivity contribution in [2.24, 2.45) is 0 Å². The van der Waals surface area contributed by atoms with E-state index in [2.05, 4.69) is 20.9 Å². The molecule has 0 fully saturated rings. The predicted octanol–water partition coefficient (Wildman–Crippen LogP) is 1.94. The Kier molecular flexibility index (Phi) is 4.16. The third-order valence-electron chi connectivity index (χ3n) is 1.66. The molecule has 1 aromatic rings. The number of alkyl halides is 1. The van der Waals surface area contributed by atoms with E-state index >= 15 is 0 Å². The SMILES string of the molecule is COCc1nccc(C(=O)CBr)c1F. The summed E-state index contributed by atoms with van der Waals surface area (Å²) >= 11 is 2.98. The molecule has 0 unspecified atom stereocenters. The van der Waals surface area contributed by atoms with Crippen LogP contribution in [0, 0.1) is 5.82 Å². The average Bonchev–Trinajstić information content (AvgIpc) is 2.20. The number of carbonyl (C=O) groups is 1. The second-order valence-corrected chi connectivity index (χ2v) is 3.17. The highest BCUT2D eigenvalue weighted by Crippen LogP contribution is 2.12. The van der Waals surface area contributed by atoms with Crippen LogP contribution in [0.4, 0.5) is 4.39 Å². The van der Waals surface area contributed by atoms with Gasteiger partial charge in [-0.3, -0.25) is 9.78 Å². The summed E-state index contributed by atoms with van der Waals surface area (Å²) in [6.07, 6.45) is 1.40. The molecule has 0 amide bonds. The minimum Gasteiger partial charge on any atom is -0.378 e. The summed E-state index contributed by atoms with van der Waals surface area (Å²) in [7, 11) is 1.44. The van der Waals surface area contributed by atoms with Crippen LogP contribution in [0.25, 0.3) is 0 Å². The van der Waals surface area contributed by atoms with E-state index < -0.39 is 5.82 Å². The van der Waals surface area contributed by atoms with E-state index in [4.69, 9.17) is 4.74 Å². The minimum absolute atomic E-state index is 0.0453. The van der Waals surface area contributed by atoms with Gasteiger partial charge >= 0.3 is 0 Å². The van der Waals surface area contributed by atoms with E-state index in [0.717, 1.165) is 0 Å². The Hall–Kier alpha value is -0.810. The average molecular weight is 262 g/mol. The van der Waals surface area contributed by atoms with Crippen LogP contribution in [0.2, 0.25) is 0 Å². The number of ether oxygens (including phenoxy) is 1. The van der Waals surface area contributed by atoms with Crippen LogP contribution in [0.5, 0.6) is 0 Å². The Labute approximate surface area is 89.4 Å². The fraction of sp³-hybridized carbons (Fsp3) is 0.333. The number of aromatic nitrogens is 1. The second kappa shape index (κ2) is 5.17. The van der Waals surface area contributed by atoms with E-state index in [-0.39, 0.29) is 29.0 Å². The van der Waals surface area contributed by atoms with Crippen molar-refractivity contribution in [1.29, 1.82) is 0 Å². The maximum atomic E-state index is 13.5. The topological polar surface area (TPSA) is 39.2 Å². The number of hydrogen-bond acceptors (Lipinski definition) is 3. The van der Waals surface area contributed by atoms with E-state index in [0.29, 0.717) is 0 Å². The number of halogens is 2. The minimum atomic E-state index is -0.598. The number of rotatable bonds is 4. The molecule has 1 aromatic heterocycles. The van der Waals surface area contributed by atoms with Gasteiger partial charge in [-0.25, -0.2) is 4.39 Å².